The molecule has 1 fully saturated rings. The maximum absolute atomic E-state index is 6.14. The van der Waals surface area contributed by atoms with Gasteiger partial charge in [-0.25, -0.2) is 4.98 Å². The van der Waals surface area contributed by atoms with Crippen LogP contribution < -0.4 is 5.73 Å². The molecular formula is C12H21N3. The summed E-state index contributed by atoms with van der Waals surface area (Å²) in [5.41, 5.74) is 6.14. The number of imidazole rings is 1. The molecule has 1 atom stereocenters. The van der Waals surface area contributed by atoms with Gasteiger partial charge in [-0.1, -0.05) is 25.7 Å². The van der Waals surface area contributed by atoms with Crippen molar-refractivity contribution in [1.82, 2.24) is 9.55 Å². The van der Waals surface area contributed by atoms with Gasteiger partial charge < -0.3 is 10.3 Å². The van der Waals surface area contributed by atoms with Crippen LogP contribution in [0.1, 0.15) is 50.4 Å². The number of rotatable bonds is 4. The first-order valence-electron chi connectivity index (χ1n) is 6.00. The third-order valence-corrected chi connectivity index (χ3v) is 3.55. The summed E-state index contributed by atoms with van der Waals surface area (Å²) in [6, 6.07) is 0.116. The summed E-state index contributed by atoms with van der Waals surface area (Å²) in [4.78, 5) is 4.30. The monoisotopic (exact) mass is 207 g/mol. The van der Waals surface area contributed by atoms with Crippen LogP contribution in [0, 0.1) is 5.92 Å². The number of aryl methyl sites for hydroxylation is 1. The highest BCUT2D eigenvalue weighted by atomic mass is 15.1. The molecule has 1 saturated carbocycles. The second-order valence-corrected chi connectivity index (χ2v) is 4.73. The fourth-order valence-corrected chi connectivity index (χ4v) is 2.58. The summed E-state index contributed by atoms with van der Waals surface area (Å²) in [6.45, 7) is 0. The van der Waals surface area contributed by atoms with E-state index in [1.807, 2.05) is 24.0 Å². The van der Waals surface area contributed by atoms with Crippen LogP contribution in [0.4, 0.5) is 0 Å². The number of aromatic nitrogens is 2. The molecule has 0 amide bonds. The average molecular weight is 207 g/mol. The highest BCUT2D eigenvalue weighted by Gasteiger charge is 2.17. The summed E-state index contributed by atoms with van der Waals surface area (Å²) < 4.78 is 2.03. The van der Waals surface area contributed by atoms with Crippen molar-refractivity contribution in [2.75, 3.05) is 0 Å². The van der Waals surface area contributed by atoms with Gasteiger partial charge in [0.25, 0.3) is 0 Å². The summed E-state index contributed by atoms with van der Waals surface area (Å²) in [5.74, 6) is 1.95. The second kappa shape index (κ2) is 4.79. The van der Waals surface area contributed by atoms with Crippen molar-refractivity contribution in [2.24, 2.45) is 18.7 Å². The van der Waals surface area contributed by atoms with Crippen LogP contribution in [0.2, 0.25) is 0 Å². The van der Waals surface area contributed by atoms with Crippen LogP contribution in [0.5, 0.6) is 0 Å². The van der Waals surface area contributed by atoms with Crippen molar-refractivity contribution in [3.8, 4) is 0 Å². The minimum absolute atomic E-state index is 0.116. The highest BCUT2D eigenvalue weighted by Crippen LogP contribution is 2.30. The van der Waals surface area contributed by atoms with Crippen molar-refractivity contribution >= 4 is 0 Å². The first-order chi connectivity index (χ1) is 7.27. The molecule has 1 aliphatic rings. The Morgan fingerprint density at radius 2 is 2.27 bits per heavy atom. The molecule has 15 heavy (non-hydrogen) atoms. The lowest BCUT2D eigenvalue weighted by Crippen LogP contribution is -2.16. The number of nitrogens with zero attached hydrogens (tertiary/aromatic N) is 2. The van der Waals surface area contributed by atoms with Crippen LogP contribution in [0.25, 0.3) is 0 Å². The zero-order valence-electron chi connectivity index (χ0n) is 9.52. The number of hydrogen-bond donors (Lipinski definition) is 1. The number of nitrogens with two attached hydrogens (primary N) is 1. The lowest BCUT2D eigenvalue weighted by molar-refractivity contribution is 0.442. The topological polar surface area (TPSA) is 43.8 Å². The molecule has 1 aliphatic carbocycles. The van der Waals surface area contributed by atoms with E-state index in [1.54, 1.807) is 0 Å². The second-order valence-electron chi connectivity index (χ2n) is 4.73. The molecule has 84 valence electrons. The Morgan fingerprint density at radius 1 is 1.53 bits per heavy atom. The van der Waals surface area contributed by atoms with Crippen molar-refractivity contribution in [3.05, 3.63) is 18.2 Å². The predicted molar refractivity (Wildman–Crippen MR) is 61.3 cm³/mol. The summed E-state index contributed by atoms with van der Waals surface area (Å²) in [6.07, 6.45) is 11.8. The van der Waals surface area contributed by atoms with E-state index >= 15 is 0 Å². The van der Waals surface area contributed by atoms with Gasteiger partial charge in [-0.2, -0.15) is 0 Å². The maximum atomic E-state index is 6.14. The Hall–Kier alpha value is -0.830. The van der Waals surface area contributed by atoms with E-state index in [1.165, 1.54) is 32.1 Å². The Kier molecular flexibility index (Phi) is 3.41. The summed E-state index contributed by atoms with van der Waals surface area (Å²) in [7, 11) is 2.01. The molecule has 0 aromatic carbocycles. The SMILES string of the molecule is Cn1ccnc1C(N)CCC1CCCC1. The van der Waals surface area contributed by atoms with Crippen molar-refractivity contribution in [1.29, 1.82) is 0 Å². The van der Waals surface area contributed by atoms with Gasteiger partial charge >= 0.3 is 0 Å². The average Bonchev–Trinajstić information content (AvgIpc) is 2.84. The first kappa shape index (κ1) is 10.7. The lowest BCUT2D eigenvalue weighted by atomic mass is 9.98. The van der Waals surface area contributed by atoms with E-state index in [9.17, 15) is 0 Å². The van der Waals surface area contributed by atoms with Crippen LogP contribution in [-0.2, 0) is 7.05 Å². The molecule has 1 heterocycles. The third kappa shape index (κ3) is 2.59. The van der Waals surface area contributed by atoms with Gasteiger partial charge in [-0.15, -0.1) is 0 Å². The molecule has 0 radical (unpaired) electrons. The molecule has 2 N–H and O–H groups in total. The van der Waals surface area contributed by atoms with Crippen LogP contribution in [0.3, 0.4) is 0 Å². The van der Waals surface area contributed by atoms with E-state index in [0.717, 1.165) is 18.2 Å². The summed E-state index contributed by atoms with van der Waals surface area (Å²) >= 11 is 0. The molecule has 0 spiro atoms. The normalized spacial score (nSPS) is 19.6. The van der Waals surface area contributed by atoms with Gasteiger partial charge in [0.1, 0.15) is 5.82 Å². The summed E-state index contributed by atoms with van der Waals surface area (Å²) in [5, 5.41) is 0. The highest BCUT2D eigenvalue weighted by molar-refractivity contribution is 4.97. The smallest absolute Gasteiger partial charge is 0.125 e. The van der Waals surface area contributed by atoms with E-state index < -0.39 is 0 Å². The number of hydrogen-bond acceptors (Lipinski definition) is 2. The van der Waals surface area contributed by atoms with Crippen molar-refractivity contribution in [3.63, 3.8) is 0 Å². The molecule has 0 saturated heterocycles. The van der Waals surface area contributed by atoms with Gasteiger partial charge in [-0.3, -0.25) is 0 Å². The Morgan fingerprint density at radius 3 is 2.87 bits per heavy atom. The molecular weight excluding hydrogens is 186 g/mol. The minimum Gasteiger partial charge on any atom is -0.337 e. The van der Waals surface area contributed by atoms with E-state index in [4.69, 9.17) is 5.73 Å². The minimum atomic E-state index is 0.116. The third-order valence-electron chi connectivity index (χ3n) is 3.55. The van der Waals surface area contributed by atoms with E-state index in [0.29, 0.717) is 0 Å². The molecule has 2 rings (SSSR count). The Labute approximate surface area is 91.7 Å². The molecule has 1 aromatic rings. The van der Waals surface area contributed by atoms with Gasteiger partial charge in [-0.05, 0) is 18.8 Å². The van der Waals surface area contributed by atoms with Crippen LogP contribution >= 0.6 is 0 Å². The molecule has 1 aromatic heterocycles. The van der Waals surface area contributed by atoms with Gasteiger partial charge in [0, 0.05) is 19.4 Å². The first-order valence-corrected chi connectivity index (χ1v) is 6.00. The molecule has 0 aliphatic heterocycles. The van der Waals surface area contributed by atoms with Gasteiger partial charge in [0.05, 0.1) is 6.04 Å². The zero-order valence-corrected chi connectivity index (χ0v) is 9.52. The van der Waals surface area contributed by atoms with Crippen LogP contribution in [0.15, 0.2) is 12.4 Å². The lowest BCUT2D eigenvalue weighted by Gasteiger charge is -2.14. The zero-order chi connectivity index (χ0) is 10.7. The van der Waals surface area contributed by atoms with Crippen molar-refractivity contribution in [2.45, 2.75) is 44.6 Å². The van der Waals surface area contributed by atoms with Crippen LogP contribution in [-0.4, -0.2) is 9.55 Å². The molecule has 3 heteroatoms. The molecule has 0 bridgehead atoms. The molecule has 3 nitrogen and oxygen atoms in total. The molecule has 1 unspecified atom stereocenters. The quantitative estimate of drug-likeness (QED) is 0.824. The van der Waals surface area contributed by atoms with E-state index in [2.05, 4.69) is 4.98 Å². The van der Waals surface area contributed by atoms with Gasteiger partial charge in [0.15, 0.2) is 0 Å². The Balaban J connectivity index is 1.81. The maximum Gasteiger partial charge on any atom is 0.125 e. The standard InChI is InChI=1S/C12H21N3/c1-15-9-8-14-12(15)11(13)7-6-10-4-2-3-5-10/h8-11H,2-7,13H2,1H3. The van der Waals surface area contributed by atoms with Crippen molar-refractivity contribution < 1.29 is 0 Å². The van der Waals surface area contributed by atoms with E-state index in [-0.39, 0.29) is 6.04 Å². The fourth-order valence-electron chi connectivity index (χ4n) is 2.58. The fraction of sp³-hybridized carbons (Fsp3) is 0.750. The Bertz CT molecular complexity index is 300. The van der Waals surface area contributed by atoms with Gasteiger partial charge in [0.2, 0.25) is 0 Å². The predicted octanol–water partition coefficient (Wildman–Crippen LogP) is 2.39. The largest absolute Gasteiger partial charge is 0.337 e.